The van der Waals surface area contributed by atoms with Gasteiger partial charge in [0.2, 0.25) is 0 Å². The molecule has 1 aromatic rings. The lowest BCUT2D eigenvalue weighted by Gasteiger charge is -2.24. The average Bonchev–Trinajstić information content (AvgIpc) is 2.43. The van der Waals surface area contributed by atoms with E-state index in [1.165, 1.54) is 19.2 Å². The lowest BCUT2D eigenvalue weighted by molar-refractivity contribution is -0.270. The van der Waals surface area contributed by atoms with Crippen LogP contribution in [0.3, 0.4) is 0 Å². The van der Waals surface area contributed by atoms with Crippen molar-refractivity contribution >= 4 is 5.91 Å². The maximum atomic E-state index is 13.0. The van der Waals surface area contributed by atoms with Crippen LogP contribution >= 0.6 is 0 Å². The summed E-state index contributed by atoms with van der Waals surface area (Å²) in [6.45, 7) is 1.54. The summed E-state index contributed by atoms with van der Waals surface area (Å²) < 4.78 is 67.4. The number of hydrogen-bond acceptors (Lipinski definition) is 2. The molecule has 1 rings (SSSR count). The summed E-state index contributed by atoms with van der Waals surface area (Å²) in [5.74, 6) is -7.53. The van der Waals surface area contributed by atoms with E-state index in [2.05, 4.69) is 0 Å². The first-order chi connectivity index (χ1) is 9.65. The van der Waals surface area contributed by atoms with E-state index in [1.807, 2.05) is 0 Å². The largest absolute Gasteiger partial charge is 0.496 e. The van der Waals surface area contributed by atoms with Crippen LogP contribution in [0.2, 0.25) is 0 Å². The van der Waals surface area contributed by atoms with Gasteiger partial charge in [0.25, 0.3) is 0 Å². The molecule has 1 N–H and O–H groups in total. The molecule has 0 saturated carbocycles. The van der Waals surface area contributed by atoms with Gasteiger partial charge in [0, 0.05) is 5.56 Å². The molecule has 1 atom stereocenters. The van der Waals surface area contributed by atoms with Gasteiger partial charge in [-0.25, -0.2) is 0 Å². The Balaban J connectivity index is 3.01. The molecule has 0 aromatic heterocycles. The lowest BCUT2D eigenvalue weighted by Crippen LogP contribution is -2.51. The Labute approximate surface area is 118 Å². The van der Waals surface area contributed by atoms with Crippen molar-refractivity contribution in [1.82, 2.24) is 5.32 Å². The first-order valence-corrected chi connectivity index (χ1v) is 6.03. The molecule has 0 radical (unpaired) electrons. The summed E-state index contributed by atoms with van der Waals surface area (Å²) in [4.78, 5) is 11.2. The Bertz CT molecular complexity index is 502. The first-order valence-electron chi connectivity index (χ1n) is 6.03. The highest BCUT2D eigenvalue weighted by molar-refractivity contribution is 5.84. The quantitative estimate of drug-likeness (QED) is 0.846. The predicted octanol–water partition coefficient (Wildman–Crippen LogP) is 3.46. The molecule has 1 amide bonds. The van der Waals surface area contributed by atoms with E-state index >= 15 is 0 Å². The van der Waals surface area contributed by atoms with Crippen LogP contribution in [-0.4, -0.2) is 25.1 Å². The number of benzene rings is 1. The van der Waals surface area contributed by atoms with Gasteiger partial charge in [-0.2, -0.15) is 22.0 Å². The fraction of sp³-hybridized carbons (Fsp3) is 0.462. The maximum Gasteiger partial charge on any atom is 0.463 e. The number of alkyl halides is 5. The van der Waals surface area contributed by atoms with Gasteiger partial charge in [0.05, 0.1) is 13.2 Å². The molecule has 0 aliphatic heterocycles. The number of carbonyl (C=O) groups is 1. The summed E-state index contributed by atoms with van der Waals surface area (Å²) in [7, 11) is 1.33. The number of hydrogen-bond donors (Lipinski definition) is 1. The highest BCUT2D eigenvalue weighted by Gasteiger charge is 2.63. The third-order valence-corrected chi connectivity index (χ3v) is 2.87. The zero-order valence-electron chi connectivity index (χ0n) is 11.3. The summed E-state index contributed by atoms with van der Waals surface area (Å²) in [5, 5.41) is 1.72. The van der Waals surface area contributed by atoms with Crippen molar-refractivity contribution < 1.29 is 31.5 Å². The van der Waals surface area contributed by atoms with Crippen LogP contribution in [-0.2, 0) is 4.79 Å². The Kier molecular flexibility index (Phi) is 5.14. The van der Waals surface area contributed by atoms with Crippen LogP contribution in [0.15, 0.2) is 24.3 Å². The third-order valence-electron chi connectivity index (χ3n) is 2.87. The Hall–Kier alpha value is -1.86. The summed E-state index contributed by atoms with van der Waals surface area (Å²) in [5.41, 5.74) is 0.328. The van der Waals surface area contributed by atoms with Gasteiger partial charge in [-0.3, -0.25) is 4.79 Å². The highest BCUT2D eigenvalue weighted by Crippen LogP contribution is 2.36. The number of carbonyl (C=O) groups excluding carboxylic acids is 1. The third kappa shape index (κ3) is 3.62. The van der Waals surface area contributed by atoms with Gasteiger partial charge in [0.15, 0.2) is 0 Å². The molecule has 1 aromatic carbocycles. The summed E-state index contributed by atoms with van der Waals surface area (Å²) >= 11 is 0. The van der Waals surface area contributed by atoms with E-state index in [4.69, 9.17) is 4.74 Å². The molecule has 0 saturated heterocycles. The molecule has 0 heterocycles. The molecule has 118 valence electrons. The van der Waals surface area contributed by atoms with E-state index in [0.717, 1.165) is 0 Å². The summed E-state index contributed by atoms with van der Waals surface area (Å²) in [6.07, 6.45) is -5.81. The number of halogens is 5. The summed E-state index contributed by atoms with van der Waals surface area (Å²) in [6, 6.07) is 5.17. The zero-order chi connectivity index (χ0) is 16.3. The van der Waals surface area contributed by atoms with E-state index in [0.29, 0.717) is 11.3 Å². The van der Waals surface area contributed by atoms with Gasteiger partial charge < -0.3 is 10.1 Å². The van der Waals surface area contributed by atoms with Crippen LogP contribution in [0.25, 0.3) is 0 Å². The minimum Gasteiger partial charge on any atom is -0.496 e. The number of amides is 1. The van der Waals surface area contributed by atoms with Crippen molar-refractivity contribution in [2.75, 3.05) is 7.11 Å². The second-order valence-corrected chi connectivity index (χ2v) is 4.25. The molecular formula is C13H14F5NO2. The van der Waals surface area contributed by atoms with E-state index in [-0.39, 0.29) is 6.42 Å². The first kappa shape index (κ1) is 17.2. The van der Waals surface area contributed by atoms with Gasteiger partial charge in [-0.1, -0.05) is 25.1 Å². The lowest BCUT2D eigenvalue weighted by atomic mass is 10.0. The van der Waals surface area contributed by atoms with Crippen LogP contribution in [0.1, 0.15) is 24.9 Å². The minimum atomic E-state index is -5.93. The standard InChI is InChI=1S/C13H14F5NO2/c1-3-9(8-6-4-5-7-10(8)21-2)19-11(20)12(14,15)13(16,17)18/h4-7,9H,3H2,1-2H3,(H,19,20). The normalized spacial score (nSPS) is 13.7. The fourth-order valence-electron chi connectivity index (χ4n) is 1.73. The fourth-order valence-corrected chi connectivity index (χ4v) is 1.73. The Morgan fingerprint density at radius 3 is 2.29 bits per heavy atom. The smallest absolute Gasteiger partial charge is 0.463 e. The van der Waals surface area contributed by atoms with E-state index < -0.39 is 24.0 Å². The number of nitrogens with one attached hydrogen (secondary N) is 1. The van der Waals surface area contributed by atoms with Crippen LogP contribution < -0.4 is 10.1 Å². The number of ether oxygens (including phenoxy) is 1. The molecule has 0 aliphatic rings. The van der Waals surface area contributed by atoms with Crippen molar-refractivity contribution in [3.05, 3.63) is 29.8 Å². The second kappa shape index (κ2) is 6.28. The molecule has 0 spiro atoms. The molecule has 0 fully saturated rings. The van der Waals surface area contributed by atoms with Gasteiger partial charge in [-0.05, 0) is 12.5 Å². The molecule has 21 heavy (non-hydrogen) atoms. The van der Waals surface area contributed by atoms with E-state index in [9.17, 15) is 26.7 Å². The van der Waals surface area contributed by atoms with Crippen molar-refractivity contribution in [2.24, 2.45) is 0 Å². The second-order valence-electron chi connectivity index (χ2n) is 4.25. The van der Waals surface area contributed by atoms with Crippen LogP contribution in [0.5, 0.6) is 5.75 Å². The van der Waals surface area contributed by atoms with Gasteiger partial charge in [0.1, 0.15) is 5.75 Å². The van der Waals surface area contributed by atoms with Crippen molar-refractivity contribution in [3.8, 4) is 5.75 Å². The van der Waals surface area contributed by atoms with Crippen molar-refractivity contribution in [2.45, 2.75) is 31.5 Å². The average molecular weight is 311 g/mol. The van der Waals surface area contributed by atoms with Gasteiger partial charge >= 0.3 is 18.0 Å². The molecule has 0 aliphatic carbocycles. The highest BCUT2D eigenvalue weighted by atomic mass is 19.4. The van der Waals surface area contributed by atoms with Crippen LogP contribution in [0, 0.1) is 0 Å². The van der Waals surface area contributed by atoms with Crippen molar-refractivity contribution in [1.29, 1.82) is 0 Å². The van der Waals surface area contributed by atoms with E-state index in [1.54, 1.807) is 24.4 Å². The van der Waals surface area contributed by atoms with Gasteiger partial charge in [-0.15, -0.1) is 0 Å². The maximum absolute atomic E-state index is 13.0. The molecular weight excluding hydrogens is 297 g/mol. The number of rotatable bonds is 5. The molecule has 8 heteroatoms. The number of methoxy groups -OCH3 is 1. The minimum absolute atomic E-state index is 0.125. The molecule has 3 nitrogen and oxygen atoms in total. The predicted molar refractivity (Wildman–Crippen MR) is 65.2 cm³/mol. The number of para-hydroxylation sites is 1. The molecule has 1 unspecified atom stereocenters. The topological polar surface area (TPSA) is 38.3 Å². The van der Waals surface area contributed by atoms with Crippen molar-refractivity contribution in [3.63, 3.8) is 0 Å². The SMILES string of the molecule is CCC(NC(=O)C(F)(F)C(F)(F)F)c1ccccc1OC. The van der Waals surface area contributed by atoms with Crippen LogP contribution in [0.4, 0.5) is 22.0 Å². The molecule has 0 bridgehead atoms. The Morgan fingerprint density at radius 1 is 1.24 bits per heavy atom. The zero-order valence-corrected chi connectivity index (χ0v) is 11.3. The Morgan fingerprint density at radius 2 is 1.81 bits per heavy atom. The monoisotopic (exact) mass is 311 g/mol.